The van der Waals surface area contributed by atoms with E-state index in [1.807, 2.05) is 6.92 Å². The van der Waals surface area contributed by atoms with E-state index in [2.05, 4.69) is 4.98 Å². The molecule has 1 aromatic carbocycles. The number of benzene rings is 1. The molecule has 0 radical (unpaired) electrons. The van der Waals surface area contributed by atoms with Crippen molar-refractivity contribution < 1.29 is 12.8 Å². The van der Waals surface area contributed by atoms with Crippen molar-refractivity contribution in [2.75, 3.05) is 0 Å². The van der Waals surface area contributed by atoms with Gasteiger partial charge in [-0.15, -0.1) is 0 Å². The topological polar surface area (TPSA) is 52.0 Å². The molecule has 0 fully saturated rings. The first kappa shape index (κ1) is 13.8. The highest BCUT2D eigenvalue weighted by molar-refractivity contribution is 7.90. The largest absolute Gasteiger partial charge is 0.269 e. The average molecular weight is 304 g/mol. The van der Waals surface area contributed by atoms with Gasteiger partial charge in [-0.2, -0.15) is 0 Å². The zero-order valence-electron chi connectivity index (χ0n) is 11.5. The van der Waals surface area contributed by atoms with Crippen molar-refractivity contribution in [2.45, 2.75) is 18.7 Å². The first-order chi connectivity index (χ1) is 9.89. The van der Waals surface area contributed by atoms with E-state index in [0.717, 1.165) is 9.54 Å². The highest BCUT2D eigenvalue weighted by Gasteiger charge is 2.20. The van der Waals surface area contributed by atoms with Gasteiger partial charge < -0.3 is 0 Å². The number of nitrogens with zero attached hydrogens (tertiary/aromatic N) is 2. The molecule has 0 unspecified atom stereocenters. The van der Waals surface area contributed by atoms with Gasteiger partial charge in [0.15, 0.2) is 5.65 Å². The molecule has 4 nitrogen and oxygen atoms in total. The molecule has 0 aliphatic rings. The molecule has 0 saturated heterocycles. The minimum Gasteiger partial charge on any atom is -0.231 e. The molecule has 0 atom stereocenters. The highest BCUT2D eigenvalue weighted by Crippen LogP contribution is 2.22. The lowest BCUT2D eigenvalue weighted by Gasteiger charge is -2.08. The molecule has 3 rings (SSSR count). The second-order valence-corrected chi connectivity index (χ2v) is 6.71. The number of fused-ring (bicyclic) bond motifs is 1. The normalized spacial score (nSPS) is 12.0. The number of aryl methyl sites for hydroxylation is 2. The molecule has 0 spiro atoms. The standard InChI is InChI=1S/C15H13FN2O2S/c1-10-3-5-13(6-4-10)21(19,20)18-8-7-12-9-14(16)11(2)17-15(12)18/h3-9H,1-2H3. The molecule has 0 aliphatic heterocycles. The Morgan fingerprint density at radius 1 is 1.10 bits per heavy atom. The molecule has 3 aromatic rings. The Morgan fingerprint density at radius 2 is 1.76 bits per heavy atom. The number of aromatic nitrogens is 2. The van der Waals surface area contributed by atoms with Gasteiger partial charge in [0.25, 0.3) is 10.0 Å². The highest BCUT2D eigenvalue weighted by atomic mass is 32.2. The first-order valence-corrected chi connectivity index (χ1v) is 7.80. The summed E-state index contributed by atoms with van der Waals surface area (Å²) in [5, 5.41) is 0.453. The SMILES string of the molecule is Cc1ccc(S(=O)(=O)n2ccc3cc(F)c(C)nc32)cc1. The predicted octanol–water partition coefficient (Wildman–Crippen LogP) is 3.03. The van der Waals surface area contributed by atoms with E-state index in [-0.39, 0.29) is 16.2 Å². The molecule has 0 bridgehead atoms. The van der Waals surface area contributed by atoms with Crippen molar-refractivity contribution in [3.8, 4) is 0 Å². The summed E-state index contributed by atoms with van der Waals surface area (Å²) in [4.78, 5) is 4.23. The maximum absolute atomic E-state index is 13.5. The molecule has 0 aliphatic carbocycles. The fourth-order valence-corrected chi connectivity index (χ4v) is 3.42. The summed E-state index contributed by atoms with van der Waals surface area (Å²) in [6.07, 6.45) is 1.39. The summed E-state index contributed by atoms with van der Waals surface area (Å²) in [6.45, 7) is 3.39. The Balaban J connectivity index is 2.24. The average Bonchev–Trinajstić information content (AvgIpc) is 2.83. The van der Waals surface area contributed by atoms with E-state index in [4.69, 9.17) is 0 Å². The second-order valence-electron chi connectivity index (χ2n) is 4.90. The van der Waals surface area contributed by atoms with E-state index < -0.39 is 15.8 Å². The van der Waals surface area contributed by atoms with Gasteiger partial charge in [0.2, 0.25) is 0 Å². The maximum Gasteiger partial charge on any atom is 0.269 e. The molecule has 21 heavy (non-hydrogen) atoms. The first-order valence-electron chi connectivity index (χ1n) is 6.36. The van der Waals surface area contributed by atoms with Crippen molar-refractivity contribution >= 4 is 21.1 Å². The lowest BCUT2D eigenvalue weighted by atomic mass is 10.2. The Morgan fingerprint density at radius 3 is 2.43 bits per heavy atom. The zero-order chi connectivity index (χ0) is 15.2. The summed E-state index contributed by atoms with van der Waals surface area (Å²) in [7, 11) is -3.74. The van der Waals surface area contributed by atoms with Gasteiger partial charge in [-0.05, 0) is 38.1 Å². The molecular weight excluding hydrogens is 291 g/mol. The van der Waals surface area contributed by atoms with Crippen LogP contribution in [0.1, 0.15) is 11.3 Å². The van der Waals surface area contributed by atoms with E-state index in [1.54, 1.807) is 24.3 Å². The summed E-state index contributed by atoms with van der Waals surface area (Å²) in [6, 6.07) is 9.39. The number of halogens is 1. The minimum atomic E-state index is -3.74. The van der Waals surface area contributed by atoms with Gasteiger partial charge in [-0.3, -0.25) is 0 Å². The van der Waals surface area contributed by atoms with Gasteiger partial charge in [0.1, 0.15) is 5.82 Å². The fourth-order valence-electron chi connectivity index (χ4n) is 2.12. The van der Waals surface area contributed by atoms with E-state index in [0.29, 0.717) is 5.39 Å². The fraction of sp³-hybridized carbons (Fsp3) is 0.133. The Hall–Kier alpha value is -2.21. The molecule has 0 amide bonds. The van der Waals surface area contributed by atoms with Crippen molar-refractivity contribution in [3.63, 3.8) is 0 Å². The Labute approximate surface area is 121 Å². The van der Waals surface area contributed by atoms with Gasteiger partial charge in [-0.25, -0.2) is 21.8 Å². The van der Waals surface area contributed by atoms with Crippen LogP contribution in [0.3, 0.4) is 0 Å². The lowest BCUT2D eigenvalue weighted by molar-refractivity contribution is 0.588. The van der Waals surface area contributed by atoms with Gasteiger partial charge in [0, 0.05) is 11.6 Å². The third-order valence-electron chi connectivity index (χ3n) is 3.34. The van der Waals surface area contributed by atoms with Crippen LogP contribution in [-0.2, 0) is 10.0 Å². The van der Waals surface area contributed by atoms with Crippen molar-refractivity contribution in [1.82, 2.24) is 8.96 Å². The predicted molar refractivity (Wildman–Crippen MR) is 78.2 cm³/mol. The van der Waals surface area contributed by atoms with Crippen LogP contribution in [0, 0.1) is 19.7 Å². The molecule has 6 heteroatoms. The summed E-state index contributed by atoms with van der Waals surface area (Å²) < 4.78 is 39.9. The van der Waals surface area contributed by atoms with Crippen LogP contribution in [-0.4, -0.2) is 17.4 Å². The van der Waals surface area contributed by atoms with Crippen LogP contribution >= 0.6 is 0 Å². The smallest absolute Gasteiger partial charge is 0.231 e. The van der Waals surface area contributed by atoms with Crippen molar-refractivity contribution in [1.29, 1.82) is 0 Å². The monoisotopic (exact) mass is 304 g/mol. The van der Waals surface area contributed by atoms with Crippen LogP contribution in [0.2, 0.25) is 0 Å². The Bertz CT molecular complexity index is 928. The van der Waals surface area contributed by atoms with E-state index in [9.17, 15) is 12.8 Å². The Kier molecular flexibility index (Phi) is 3.06. The number of rotatable bonds is 2. The third kappa shape index (κ3) is 2.21. The van der Waals surface area contributed by atoms with Crippen molar-refractivity contribution in [2.24, 2.45) is 0 Å². The number of hydrogen-bond donors (Lipinski definition) is 0. The zero-order valence-corrected chi connectivity index (χ0v) is 12.4. The van der Waals surface area contributed by atoms with Gasteiger partial charge >= 0.3 is 0 Å². The molecule has 0 N–H and O–H groups in total. The summed E-state index contributed by atoms with van der Waals surface area (Å²) in [5.74, 6) is -0.451. The second kappa shape index (κ2) is 4.66. The minimum absolute atomic E-state index is 0.168. The third-order valence-corrected chi connectivity index (χ3v) is 5.02. The van der Waals surface area contributed by atoms with Gasteiger partial charge in [-0.1, -0.05) is 17.7 Å². The van der Waals surface area contributed by atoms with Crippen molar-refractivity contribution in [3.05, 3.63) is 59.7 Å². The van der Waals surface area contributed by atoms with Crippen LogP contribution < -0.4 is 0 Å². The van der Waals surface area contributed by atoms with E-state index >= 15 is 0 Å². The van der Waals surface area contributed by atoms with E-state index in [1.165, 1.54) is 25.3 Å². The maximum atomic E-state index is 13.5. The molecule has 2 heterocycles. The van der Waals surface area contributed by atoms with Crippen LogP contribution in [0.4, 0.5) is 4.39 Å². The molecule has 2 aromatic heterocycles. The lowest BCUT2D eigenvalue weighted by Crippen LogP contribution is -2.12. The molecular formula is C15H13FN2O2S. The summed E-state index contributed by atoms with van der Waals surface area (Å²) >= 11 is 0. The van der Waals surface area contributed by atoms with Crippen LogP contribution in [0.25, 0.3) is 11.0 Å². The van der Waals surface area contributed by atoms with Crippen LogP contribution in [0.15, 0.2) is 47.5 Å². The molecule has 108 valence electrons. The summed E-state index contributed by atoms with van der Waals surface area (Å²) in [5.41, 5.74) is 1.37. The number of hydrogen-bond acceptors (Lipinski definition) is 3. The quantitative estimate of drug-likeness (QED) is 0.731. The number of pyridine rings is 1. The van der Waals surface area contributed by atoms with Crippen LogP contribution in [0.5, 0.6) is 0 Å². The molecule has 0 saturated carbocycles. The van der Waals surface area contributed by atoms with Gasteiger partial charge in [0.05, 0.1) is 10.6 Å².